The predicted octanol–water partition coefficient (Wildman–Crippen LogP) is 2.51. The van der Waals surface area contributed by atoms with Crippen LogP contribution in [0.3, 0.4) is 0 Å². The highest BCUT2D eigenvalue weighted by molar-refractivity contribution is 5.92. The second-order valence-corrected chi connectivity index (χ2v) is 7.34. The summed E-state index contributed by atoms with van der Waals surface area (Å²) >= 11 is 0. The molecule has 1 aromatic carbocycles. The number of amides is 1. The minimum atomic E-state index is -1.40. The zero-order valence-electron chi connectivity index (χ0n) is 16.5. The molecule has 0 spiro atoms. The normalized spacial score (nSPS) is 20.0. The van der Waals surface area contributed by atoms with E-state index in [4.69, 9.17) is 4.74 Å². The molecule has 1 aliphatic heterocycles. The summed E-state index contributed by atoms with van der Waals surface area (Å²) in [7, 11) is 0. The maximum Gasteiger partial charge on any atom is 0.270 e. The van der Waals surface area contributed by atoms with E-state index >= 15 is 4.39 Å². The van der Waals surface area contributed by atoms with Gasteiger partial charge in [0.05, 0.1) is 24.4 Å². The number of aliphatic hydroxyl groups is 1. The lowest BCUT2D eigenvalue weighted by Gasteiger charge is -2.28. The van der Waals surface area contributed by atoms with E-state index in [0.717, 1.165) is 5.69 Å². The number of hydrogen-bond acceptors (Lipinski definition) is 5. The highest BCUT2D eigenvalue weighted by Crippen LogP contribution is 2.29. The first-order chi connectivity index (χ1) is 14.5. The maximum atomic E-state index is 15.3. The molecule has 1 saturated heterocycles. The lowest BCUT2D eigenvalue weighted by molar-refractivity contribution is -0.0261. The molecule has 3 aromatic rings. The van der Waals surface area contributed by atoms with Crippen molar-refractivity contribution in [3.05, 3.63) is 77.4 Å². The lowest BCUT2D eigenvalue weighted by atomic mass is 9.98. The Morgan fingerprint density at radius 1 is 1.37 bits per heavy atom. The van der Waals surface area contributed by atoms with Crippen molar-refractivity contribution in [1.82, 2.24) is 20.1 Å². The van der Waals surface area contributed by atoms with E-state index in [1.807, 2.05) is 12.3 Å². The Balaban J connectivity index is 1.53. The molecule has 1 amide bonds. The highest BCUT2D eigenvalue weighted by atomic mass is 19.1. The molecule has 2 N–H and O–H groups in total. The van der Waals surface area contributed by atoms with Crippen LogP contribution in [0.4, 0.5) is 4.39 Å². The van der Waals surface area contributed by atoms with Gasteiger partial charge in [-0.3, -0.25) is 9.78 Å². The van der Waals surface area contributed by atoms with Crippen LogP contribution < -0.4 is 5.32 Å². The number of carbonyl (C=O) groups is 1. The van der Waals surface area contributed by atoms with Gasteiger partial charge in [-0.25, -0.2) is 9.07 Å². The van der Waals surface area contributed by atoms with Crippen molar-refractivity contribution >= 4 is 5.91 Å². The third-order valence-electron chi connectivity index (χ3n) is 5.25. The molecule has 3 atom stereocenters. The van der Waals surface area contributed by atoms with Gasteiger partial charge >= 0.3 is 0 Å². The third-order valence-corrected chi connectivity index (χ3v) is 5.25. The molecule has 0 bridgehead atoms. The first kappa shape index (κ1) is 20.2. The topological polar surface area (TPSA) is 89.3 Å². The SMILES string of the molecule is Cc1cnc(C(=O)NC2CCOCC2O)cc1C(F)c1ccc(-n2cccn2)cc1. The van der Waals surface area contributed by atoms with Gasteiger partial charge in [0, 0.05) is 25.2 Å². The largest absolute Gasteiger partial charge is 0.389 e. The first-order valence-electron chi connectivity index (χ1n) is 9.80. The number of carbonyl (C=O) groups excluding carboxylic acids is 1. The summed E-state index contributed by atoms with van der Waals surface area (Å²) in [5, 5.41) is 16.9. The van der Waals surface area contributed by atoms with Crippen LogP contribution in [0.5, 0.6) is 0 Å². The summed E-state index contributed by atoms with van der Waals surface area (Å²) in [4.78, 5) is 16.7. The fourth-order valence-corrected chi connectivity index (χ4v) is 3.47. The van der Waals surface area contributed by atoms with Crippen LogP contribution in [-0.4, -0.2) is 51.1 Å². The summed E-state index contributed by atoms with van der Waals surface area (Å²) in [5.74, 6) is -0.441. The van der Waals surface area contributed by atoms with Gasteiger partial charge in [-0.2, -0.15) is 5.10 Å². The van der Waals surface area contributed by atoms with Gasteiger partial charge in [-0.15, -0.1) is 0 Å². The van der Waals surface area contributed by atoms with Crippen molar-refractivity contribution in [3.63, 3.8) is 0 Å². The number of halogens is 1. The van der Waals surface area contributed by atoms with Crippen molar-refractivity contribution in [2.24, 2.45) is 0 Å². The zero-order valence-corrected chi connectivity index (χ0v) is 16.5. The summed E-state index contributed by atoms with van der Waals surface area (Å²) < 4.78 is 22.2. The van der Waals surface area contributed by atoms with Crippen molar-refractivity contribution in [2.75, 3.05) is 13.2 Å². The number of benzene rings is 1. The number of hydrogen-bond donors (Lipinski definition) is 2. The Bertz CT molecular complexity index is 1010. The smallest absolute Gasteiger partial charge is 0.270 e. The van der Waals surface area contributed by atoms with Crippen LogP contribution in [0.15, 0.2) is 55.0 Å². The summed E-state index contributed by atoms with van der Waals surface area (Å²) in [6, 6.07) is 9.89. The standard InChI is InChI=1S/C22H23FN4O3/c1-14-12-24-19(22(29)26-18-7-10-30-13-20(18)28)11-17(14)21(23)15-3-5-16(6-4-15)27-9-2-8-25-27/h2-6,8-9,11-12,18,20-21,28H,7,10,13H2,1H3,(H,26,29). The monoisotopic (exact) mass is 410 g/mol. The van der Waals surface area contributed by atoms with Gasteiger partial charge in [-0.1, -0.05) is 12.1 Å². The van der Waals surface area contributed by atoms with Gasteiger partial charge in [0.15, 0.2) is 6.17 Å². The summed E-state index contributed by atoms with van der Waals surface area (Å²) in [6.45, 7) is 2.41. The van der Waals surface area contributed by atoms with E-state index in [9.17, 15) is 9.90 Å². The number of nitrogens with zero attached hydrogens (tertiary/aromatic N) is 3. The average molecular weight is 410 g/mol. The maximum absolute atomic E-state index is 15.3. The number of pyridine rings is 1. The zero-order chi connectivity index (χ0) is 21.1. The molecule has 0 aliphatic carbocycles. The number of aryl methyl sites for hydroxylation is 1. The molecule has 3 heterocycles. The van der Waals surface area contributed by atoms with Crippen LogP contribution >= 0.6 is 0 Å². The minimum absolute atomic E-state index is 0.116. The number of aromatic nitrogens is 3. The van der Waals surface area contributed by atoms with E-state index in [-0.39, 0.29) is 12.3 Å². The van der Waals surface area contributed by atoms with E-state index in [2.05, 4.69) is 15.4 Å². The molecule has 2 aromatic heterocycles. The molecule has 156 valence electrons. The molecule has 0 radical (unpaired) electrons. The van der Waals surface area contributed by atoms with Crippen molar-refractivity contribution < 1.29 is 19.0 Å². The Labute approximate surface area is 173 Å². The second kappa shape index (κ2) is 8.73. The van der Waals surface area contributed by atoms with Gasteiger partial charge in [0.25, 0.3) is 5.91 Å². The average Bonchev–Trinajstić information content (AvgIpc) is 3.30. The Kier molecular flexibility index (Phi) is 5.87. The fourth-order valence-electron chi connectivity index (χ4n) is 3.47. The Hall–Kier alpha value is -3.10. The molecule has 1 fully saturated rings. The minimum Gasteiger partial charge on any atom is -0.389 e. The Morgan fingerprint density at radius 2 is 2.17 bits per heavy atom. The molecule has 4 rings (SSSR count). The first-order valence-corrected chi connectivity index (χ1v) is 9.80. The fraction of sp³-hybridized carbons (Fsp3) is 0.318. The number of nitrogens with one attached hydrogen (secondary N) is 1. The second-order valence-electron chi connectivity index (χ2n) is 7.34. The van der Waals surface area contributed by atoms with Crippen LogP contribution in [0, 0.1) is 6.92 Å². The lowest BCUT2D eigenvalue weighted by Crippen LogP contribution is -2.48. The van der Waals surface area contributed by atoms with Crippen LogP contribution in [0.2, 0.25) is 0 Å². The van der Waals surface area contributed by atoms with E-state index in [1.54, 1.807) is 42.1 Å². The summed E-state index contributed by atoms with van der Waals surface area (Å²) in [5.41, 5.74) is 2.46. The molecule has 8 heteroatoms. The molecule has 7 nitrogen and oxygen atoms in total. The van der Waals surface area contributed by atoms with Crippen LogP contribution in [-0.2, 0) is 4.74 Å². The summed E-state index contributed by atoms with van der Waals surface area (Å²) in [6.07, 6.45) is 3.33. The van der Waals surface area contributed by atoms with E-state index < -0.39 is 24.2 Å². The molecule has 3 unspecified atom stereocenters. The number of alkyl halides is 1. The molecular formula is C22H23FN4O3. The molecule has 1 aliphatic rings. The van der Waals surface area contributed by atoms with E-state index in [0.29, 0.717) is 29.7 Å². The molecule has 0 saturated carbocycles. The van der Waals surface area contributed by atoms with Crippen LogP contribution in [0.1, 0.15) is 39.8 Å². The van der Waals surface area contributed by atoms with Gasteiger partial charge in [0.2, 0.25) is 0 Å². The number of ether oxygens (including phenoxy) is 1. The van der Waals surface area contributed by atoms with Gasteiger partial charge < -0.3 is 15.2 Å². The quantitative estimate of drug-likeness (QED) is 0.675. The number of rotatable bonds is 5. The number of aliphatic hydroxyl groups excluding tert-OH is 1. The van der Waals surface area contributed by atoms with Crippen molar-refractivity contribution in [1.29, 1.82) is 0 Å². The van der Waals surface area contributed by atoms with Crippen molar-refractivity contribution in [3.8, 4) is 5.69 Å². The van der Waals surface area contributed by atoms with Crippen molar-refractivity contribution in [2.45, 2.75) is 31.7 Å². The van der Waals surface area contributed by atoms with Crippen LogP contribution in [0.25, 0.3) is 5.69 Å². The Morgan fingerprint density at radius 3 is 2.87 bits per heavy atom. The van der Waals surface area contributed by atoms with Gasteiger partial charge in [0.1, 0.15) is 5.69 Å². The molecular weight excluding hydrogens is 387 g/mol. The van der Waals surface area contributed by atoms with Gasteiger partial charge in [-0.05, 0) is 54.3 Å². The third kappa shape index (κ3) is 4.24. The predicted molar refractivity (Wildman–Crippen MR) is 108 cm³/mol. The van der Waals surface area contributed by atoms with E-state index in [1.165, 1.54) is 12.3 Å². The molecule has 30 heavy (non-hydrogen) atoms. The highest BCUT2D eigenvalue weighted by Gasteiger charge is 2.26.